The van der Waals surface area contributed by atoms with E-state index in [2.05, 4.69) is 361 Å². The predicted octanol–water partition coefficient (Wildman–Crippen LogP) is 16.7. The molecule has 10 rings (SSSR count). The molecule has 0 aliphatic carbocycles. The maximum Gasteiger partial charge on any atom is 1.00 e. The molecule has 90 heavy (non-hydrogen) atoms. The van der Waals surface area contributed by atoms with Crippen LogP contribution < -0.4 is 97.5 Å². The van der Waals surface area contributed by atoms with Crippen molar-refractivity contribution in [2.24, 2.45) is 17.8 Å². The number of nitrogens with two attached hydrogens (primary N) is 3. The Kier molecular flexibility index (Phi) is 35.4. The van der Waals surface area contributed by atoms with Gasteiger partial charge in [-0.15, -0.1) is 0 Å². The average molecular weight is 1730 g/mol. The van der Waals surface area contributed by atoms with Gasteiger partial charge in [0.15, 0.2) is 0 Å². The molecule has 0 spiro atoms. The fourth-order valence-corrected chi connectivity index (χ4v) is 12.2. The van der Waals surface area contributed by atoms with E-state index in [-0.39, 0.29) is 99.0 Å². The minimum absolute atomic E-state index is 0. The van der Waals surface area contributed by atoms with Gasteiger partial charge in [0, 0.05) is 64.8 Å². The Morgan fingerprint density at radius 1 is 0.333 bits per heavy atom. The summed E-state index contributed by atoms with van der Waals surface area (Å²) in [5.74, 6) is 2.11. The summed E-state index contributed by atoms with van der Waals surface area (Å²) in [4.78, 5) is 2.62. The molecule has 0 aromatic heterocycles. The number of rotatable bonds is 21. The zero-order chi connectivity index (χ0) is 62.8. The minimum Gasteiger partial charge on any atom is -1.00 e. The van der Waals surface area contributed by atoms with Crippen LogP contribution in [0.5, 0.6) is 0 Å². The first-order valence-corrected chi connectivity index (χ1v) is 35.8. The van der Waals surface area contributed by atoms with Crippen LogP contribution >= 0.6 is 83.7 Å². The Balaban J connectivity index is 0.000000285. The number of hydrogen-bond acceptors (Lipinski definition) is 4. The summed E-state index contributed by atoms with van der Waals surface area (Å²) in [7, 11) is 0. The first-order chi connectivity index (χ1) is 42.6. The van der Waals surface area contributed by atoms with Gasteiger partial charge in [0.05, 0.1) is 0 Å². The number of anilines is 4. The number of benzene rings is 10. The third-order valence-corrected chi connectivity index (χ3v) is 16.3. The first kappa shape index (κ1) is 77.1. The molecule has 4 nitrogen and oxygen atoms in total. The summed E-state index contributed by atoms with van der Waals surface area (Å²) in [6.07, 6.45) is 3.59. The zero-order valence-electron chi connectivity index (χ0n) is 53.3. The van der Waals surface area contributed by atoms with Crippen molar-refractivity contribution in [3.63, 3.8) is 0 Å². The Hall–Kier alpha value is -3.56. The van der Waals surface area contributed by atoms with E-state index in [1.165, 1.54) is 67.7 Å². The molecule has 0 aliphatic rings. The standard InChI is InChI=1S/C42H48N2.C32H28N2.C5H11Br.CHI3.HI.K/c1-31(2)25-27-44(28-26-32(3)4)37-29-38(40(33-17-9-5-10-18-33)34-19-11-6-12-20-34)42(43)39(30-37)41(35-21-13-7-14-22-35)36-23-15-8-16-24-36;33-27-21-28(30(23-13-5-1-6-14-23)24-15-7-2-8-16-24)32(34)29(22-27)31(25-17-9-3-10-18-25)26-19-11-4-12-20-26;1-5(2)3-4-6;2-1(3)4;;/h5-24,29-32,40-41H,25-28,43H2,1-4H3;1-22,30-31H,33-34H2;5H,3-4H2,1-2H3;1H;1H;/q;;;;;+1/p-1. The van der Waals surface area contributed by atoms with Gasteiger partial charge in [-0.2, -0.15) is 0 Å². The molecule has 0 fully saturated rings. The Morgan fingerprint density at radius 3 is 0.689 bits per heavy atom. The summed E-state index contributed by atoms with van der Waals surface area (Å²) in [6, 6.07) is 94.3. The van der Waals surface area contributed by atoms with Crippen LogP contribution in [0.25, 0.3) is 0 Å². The van der Waals surface area contributed by atoms with Crippen molar-refractivity contribution in [3.8, 4) is 0 Å². The third kappa shape index (κ3) is 23.7. The molecule has 0 amide bonds. The molecule has 10 aromatic rings. The van der Waals surface area contributed by atoms with Crippen molar-refractivity contribution in [1.29, 1.82) is 0 Å². The van der Waals surface area contributed by atoms with Crippen molar-refractivity contribution in [2.45, 2.75) is 84.4 Å². The van der Waals surface area contributed by atoms with Crippen LogP contribution in [-0.2, 0) is 0 Å². The van der Waals surface area contributed by atoms with Gasteiger partial charge in [0.25, 0.3) is 0 Å². The number of nitrogen functional groups attached to an aromatic ring is 3. The largest absolute Gasteiger partial charge is 1.00 e. The number of alkyl halides is 4. The molecule has 0 saturated carbocycles. The van der Waals surface area contributed by atoms with Crippen LogP contribution in [0.3, 0.4) is 0 Å². The Labute approximate surface area is 649 Å². The second-order valence-electron chi connectivity index (χ2n) is 23.6. The van der Waals surface area contributed by atoms with Crippen LogP contribution in [0, 0.1) is 17.8 Å². The number of hydrogen-bond donors (Lipinski definition) is 3. The fraction of sp³-hybridized carbons (Fsp3) is 0.250. The van der Waals surface area contributed by atoms with E-state index in [9.17, 15) is 0 Å². The van der Waals surface area contributed by atoms with Crippen LogP contribution in [0.1, 0.15) is 151 Å². The molecule has 0 unspecified atom stereocenters. The Bertz CT molecular complexity index is 3170. The van der Waals surface area contributed by atoms with Gasteiger partial charge in [-0.1, -0.05) is 368 Å². The first-order valence-electron chi connectivity index (χ1n) is 30.9. The third-order valence-electron chi connectivity index (χ3n) is 15.8. The SMILES string of the molecule is CC(C)CCBr.CC(C)CCN(CCC(C)C)c1cc(C(c2ccccc2)c2ccccc2)c(N)c(C(c2ccccc2)c2ccccc2)c1.IC(I)I.Nc1cc(C(c2ccccc2)c2ccccc2)c(N)c(C(c2ccccc2)c2ccccc2)c1.[I-].[K+]. The van der Waals surface area contributed by atoms with E-state index >= 15 is 0 Å². The summed E-state index contributed by atoms with van der Waals surface area (Å²) in [5.41, 5.74) is 38.8. The average Bonchev–Trinajstić information content (AvgIpc) is 0.845. The number of nitrogens with zero attached hydrogens (tertiary/aromatic N) is 1. The smallest absolute Gasteiger partial charge is 1.00 e. The molecule has 0 atom stereocenters. The monoisotopic (exact) mass is 1730 g/mol. The molecular formula is C80H88BrI4KN4. The summed E-state index contributed by atoms with van der Waals surface area (Å²) in [5, 5.41) is 1.14. The molecule has 0 saturated heterocycles. The van der Waals surface area contributed by atoms with Crippen molar-refractivity contribution >= 4 is 106 Å². The van der Waals surface area contributed by atoms with Crippen LogP contribution in [-0.4, -0.2) is 18.4 Å². The van der Waals surface area contributed by atoms with Gasteiger partial charge in [0.1, 0.15) is -0.0619 Å². The van der Waals surface area contributed by atoms with Crippen LogP contribution in [0.4, 0.5) is 22.7 Å². The molecule has 10 heteroatoms. The van der Waals surface area contributed by atoms with Gasteiger partial charge >= 0.3 is 51.4 Å². The van der Waals surface area contributed by atoms with Gasteiger partial charge in [-0.25, -0.2) is 0 Å². The second kappa shape index (κ2) is 41.3. The number of halogens is 5. The molecule has 0 heterocycles. The maximum absolute atomic E-state index is 7.43. The van der Waals surface area contributed by atoms with Crippen molar-refractivity contribution < 1.29 is 75.4 Å². The Morgan fingerprint density at radius 2 is 0.522 bits per heavy atom. The summed E-state index contributed by atoms with van der Waals surface area (Å²) >= 11 is 10.3. The van der Waals surface area contributed by atoms with Gasteiger partial charge < -0.3 is 46.1 Å². The molecule has 0 aliphatic heterocycles. The topological polar surface area (TPSA) is 81.3 Å². The van der Waals surface area contributed by atoms with E-state index in [4.69, 9.17) is 17.2 Å². The van der Waals surface area contributed by atoms with Crippen molar-refractivity contribution in [2.75, 3.05) is 40.5 Å². The second-order valence-corrected chi connectivity index (χ2v) is 35.3. The van der Waals surface area contributed by atoms with Crippen molar-refractivity contribution in [1.82, 2.24) is 0 Å². The van der Waals surface area contributed by atoms with Crippen LogP contribution in [0.2, 0.25) is 0 Å². The fourth-order valence-electron chi connectivity index (χ4n) is 11.3. The summed E-state index contributed by atoms with van der Waals surface area (Å²) < 4.78 is 0.743. The van der Waals surface area contributed by atoms with Gasteiger partial charge in [-0.3, -0.25) is 0 Å². The minimum atomic E-state index is -0.0168. The molecule has 464 valence electrons. The predicted molar refractivity (Wildman–Crippen MR) is 412 cm³/mol. The van der Waals surface area contributed by atoms with Crippen LogP contribution in [0.15, 0.2) is 267 Å². The molecule has 0 bridgehead atoms. The van der Waals surface area contributed by atoms with Crippen molar-refractivity contribution in [3.05, 3.63) is 334 Å². The van der Waals surface area contributed by atoms with E-state index < -0.39 is 0 Å². The maximum atomic E-state index is 7.43. The normalized spacial score (nSPS) is 10.9. The van der Waals surface area contributed by atoms with E-state index in [1.807, 2.05) is 36.4 Å². The molecular weight excluding hydrogens is 1640 g/mol. The van der Waals surface area contributed by atoms with E-state index in [0.29, 0.717) is 17.5 Å². The molecule has 0 radical (unpaired) electrons. The van der Waals surface area contributed by atoms with Gasteiger partial charge in [-0.05, 0) is 128 Å². The zero-order valence-corrected chi connectivity index (χ0v) is 66.7. The summed E-state index contributed by atoms with van der Waals surface area (Å²) in [6.45, 7) is 15.8. The van der Waals surface area contributed by atoms with Gasteiger partial charge in [0.2, 0.25) is 0 Å². The van der Waals surface area contributed by atoms with E-state index in [0.717, 1.165) is 59.6 Å². The van der Waals surface area contributed by atoms with E-state index in [1.54, 1.807) is 0 Å². The quantitative estimate of drug-likeness (QED) is 0.0220. The molecule has 6 N–H and O–H groups in total. The molecule has 10 aromatic carbocycles.